The largest absolute Gasteiger partial charge is 0.469 e. The molecular weight excluding hydrogens is 300 g/mol. The first-order valence-corrected chi connectivity index (χ1v) is 10.1. The van der Waals surface area contributed by atoms with E-state index >= 15 is 0 Å². The molecule has 140 valence electrons. The third-order valence-corrected chi connectivity index (χ3v) is 4.85. The number of carbonyl (C=O) groups is 1. The Balaban J connectivity index is 1.71. The average Bonchev–Trinajstić information content (AvgIpc) is 3.36. The fourth-order valence-electron chi connectivity index (χ4n) is 3.15. The highest BCUT2D eigenvalue weighted by Crippen LogP contribution is 2.29. The maximum atomic E-state index is 11.0. The quantitative estimate of drug-likeness (QED) is 0.151. The minimum Gasteiger partial charge on any atom is -0.469 e. The molecule has 1 saturated heterocycles. The lowest BCUT2D eigenvalue weighted by molar-refractivity contribution is -0.140. The van der Waals surface area contributed by atoms with E-state index in [1.165, 1.54) is 77.7 Å². The lowest BCUT2D eigenvalue weighted by Crippen LogP contribution is -1.99. The van der Waals surface area contributed by atoms with Crippen LogP contribution in [0.2, 0.25) is 0 Å². The molecule has 0 aromatic rings. The fourth-order valence-corrected chi connectivity index (χ4v) is 3.15. The van der Waals surface area contributed by atoms with Crippen LogP contribution in [0.4, 0.5) is 0 Å². The minimum absolute atomic E-state index is 0.0761. The summed E-state index contributed by atoms with van der Waals surface area (Å²) in [4.78, 5) is 11.0. The van der Waals surface area contributed by atoms with E-state index in [2.05, 4.69) is 23.8 Å². The van der Waals surface area contributed by atoms with Crippen molar-refractivity contribution in [3.05, 3.63) is 12.2 Å². The first-order chi connectivity index (χ1) is 11.8. The van der Waals surface area contributed by atoms with Crippen LogP contribution in [0, 0.1) is 0 Å². The molecule has 3 nitrogen and oxygen atoms in total. The Labute approximate surface area is 149 Å². The number of allylic oxidation sites excluding steroid dienone is 2. The van der Waals surface area contributed by atoms with E-state index in [1.54, 1.807) is 0 Å². The van der Waals surface area contributed by atoms with Gasteiger partial charge in [0.05, 0.1) is 19.3 Å². The molecule has 1 unspecified atom stereocenters. The zero-order valence-electron chi connectivity index (χ0n) is 15.9. The Kier molecular flexibility index (Phi) is 12.8. The Hall–Kier alpha value is -0.830. The van der Waals surface area contributed by atoms with Gasteiger partial charge in [-0.3, -0.25) is 4.79 Å². The van der Waals surface area contributed by atoms with E-state index in [9.17, 15) is 4.79 Å². The molecule has 0 radical (unpaired) electrons. The topological polar surface area (TPSA) is 38.8 Å². The lowest BCUT2D eigenvalue weighted by Gasteiger charge is -2.01. The maximum Gasteiger partial charge on any atom is 0.305 e. The summed E-state index contributed by atoms with van der Waals surface area (Å²) in [6, 6.07) is 0. The van der Waals surface area contributed by atoms with Crippen molar-refractivity contribution in [1.82, 2.24) is 0 Å². The van der Waals surface area contributed by atoms with E-state index in [0.29, 0.717) is 18.6 Å². The highest BCUT2D eigenvalue weighted by Gasteiger charge is 2.35. The Morgan fingerprint density at radius 2 is 1.46 bits per heavy atom. The first kappa shape index (κ1) is 21.2. The van der Waals surface area contributed by atoms with E-state index in [1.807, 2.05) is 0 Å². The zero-order chi connectivity index (χ0) is 17.5. The molecular formula is C21H38O3. The van der Waals surface area contributed by atoms with Gasteiger partial charge in [0.1, 0.15) is 0 Å². The molecule has 0 bridgehead atoms. The molecule has 1 aliphatic heterocycles. The summed E-state index contributed by atoms with van der Waals surface area (Å²) >= 11 is 0. The van der Waals surface area contributed by atoms with E-state index < -0.39 is 0 Å². The summed E-state index contributed by atoms with van der Waals surface area (Å²) in [6.45, 7) is 2.21. The van der Waals surface area contributed by atoms with Crippen molar-refractivity contribution in [3.8, 4) is 0 Å². The predicted molar refractivity (Wildman–Crippen MR) is 100 cm³/mol. The number of hydrogen-bond donors (Lipinski definition) is 0. The SMILES string of the molecule is CC[C@H]1OC1CCCC/C=C\CCCCCCCCCC(=O)OC. The van der Waals surface area contributed by atoms with Crippen LogP contribution in [0.1, 0.15) is 96.8 Å². The number of epoxide rings is 1. The van der Waals surface area contributed by atoms with Crippen molar-refractivity contribution < 1.29 is 14.3 Å². The predicted octanol–water partition coefficient (Wildman–Crippen LogP) is 5.96. The fraction of sp³-hybridized carbons (Fsp3) is 0.857. The number of hydrogen-bond acceptors (Lipinski definition) is 3. The molecule has 0 aliphatic carbocycles. The van der Waals surface area contributed by atoms with Crippen LogP contribution < -0.4 is 0 Å². The molecule has 0 N–H and O–H groups in total. The van der Waals surface area contributed by atoms with E-state index in [0.717, 1.165) is 12.8 Å². The average molecular weight is 339 g/mol. The molecule has 3 heteroatoms. The van der Waals surface area contributed by atoms with Crippen LogP contribution in [0.3, 0.4) is 0 Å². The third-order valence-electron chi connectivity index (χ3n) is 4.85. The van der Waals surface area contributed by atoms with Gasteiger partial charge in [0.25, 0.3) is 0 Å². The molecule has 1 rings (SSSR count). The number of carbonyl (C=O) groups excluding carboxylic acids is 1. The van der Waals surface area contributed by atoms with Crippen LogP contribution in [0.25, 0.3) is 0 Å². The summed E-state index contributed by atoms with van der Waals surface area (Å²) < 4.78 is 10.2. The summed E-state index contributed by atoms with van der Waals surface area (Å²) in [5.41, 5.74) is 0. The van der Waals surface area contributed by atoms with Gasteiger partial charge in [-0.25, -0.2) is 0 Å². The third kappa shape index (κ3) is 11.7. The number of methoxy groups -OCH3 is 1. The normalized spacial score (nSPS) is 19.8. The zero-order valence-corrected chi connectivity index (χ0v) is 15.9. The van der Waals surface area contributed by atoms with Crippen LogP contribution in [0.5, 0.6) is 0 Å². The van der Waals surface area contributed by atoms with Gasteiger partial charge in [-0.15, -0.1) is 0 Å². The molecule has 2 atom stereocenters. The van der Waals surface area contributed by atoms with Crippen LogP contribution >= 0.6 is 0 Å². The van der Waals surface area contributed by atoms with Gasteiger partial charge in [-0.05, 0) is 44.9 Å². The van der Waals surface area contributed by atoms with Crippen molar-refractivity contribution >= 4 is 5.97 Å². The van der Waals surface area contributed by atoms with Crippen LogP contribution in [-0.2, 0) is 14.3 Å². The lowest BCUT2D eigenvalue weighted by atomic mass is 10.1. The van der Waals surface area contributed by atoms with Gasteiger partial charge in [-0.2, -0.15) is 0 Å². The molecule has 0 amide bonds. The monoisotopic (exact) mass is 338 g/mol. The number of rotatable bonds is 16. The summed E-state index contributed by atoms with van der Waals surface area (Å²) in [6.07, 6.45) is 22.6. The highest BCUT2D eigenvalue weighted by atomic mass is 16.6. The smallest absolute Gasteiger partial charge is 0.305 e. The van der Waals surface area contributed by atoms with Crippen molar-refractivity contribution in [2.45, 2.75) is 109 Å². The second-order valence-electron chi connectivity index (χ2n) is 6.97. The molecule has 1 heterocycles. The summed E-state index contributed by atoms with van der Waals surface area (Å²) in [7, 11) is 1.46. The summed E-state index contributed by atoms with van der Waals surface area (Å²) in [5, 5.41) is 0. The Morgan fingerprint density at radius 1 is 0.875 bits per heavy atom. The molecule has 24 heavy (non-hydrogen) atoms. The Morgan fingerprint density at radius 3 is 2.04 bits per heavy atom. The van der Waals surface area contributed by atoms with Crippen LogP contribution in [-0.4, -0.2) is 25.3 Å². The van der Waals surface area contributed by atoms with Crippen molar-refractivity contribution in [2.24, 2.45) is 0 Å². The van der Waals surface area contributed by atoms with Gasteiger partial charge >= 0.3 is 5.97 Å². The first-order valence-electron chi connectivity index (χ1n) is 10.1. The number of unbranched alkanes of at least 4 members (excludes halogenated alkanes) is 9. The van der Waals surface area contributed by atoms with Gasteiger partial charge in [-0.1, -0.05) is 57.6 Å². The van der Waals surface area contributed by atoms with Gasteiger partial charge in [0.15, 0.2) is 0 Å². The number of ether oxygens (including phenoxy) is 2. The molecule has 0 aromatic heterocycles. The molecule has 0 aromatic carbocycles. The second kappa shape index (κ2) is 14.5. The molecule has 0 saturated carbocycles. The summed E-state index contributed by atoms with van der Waals surface area (Å²) in [5.74, 6) is -0.0761. The Bertz CT molecular complexity index is 338. The minimum atomic E-state index is -0.0761. The van der Waals surface area contributed by atoms with Gasteiger partial charge in [0.2, 0.25) is 0 Å². The van der Waals surface area contributed by atoms with Gasteiger partial charge < -0.3 is 9.47 Å². The van der Waals surface area contributed by atoms with E-state index in [4.69, 9.17) is 4.74 Å². The molecule has 0 spiro atoms. The van der Waals surface area contributed by atoms with Crippen molar-refractivity contribution in [3.63, 3.8) is 0 Å². The standard InChI is InChI=1S/C21H38O3/c1-3-19-20(24-19)17-15-13-11-9-7-5-4-6-8-10-12-14-16-18-21(22)23-2/h7,9,19-20H,3-6,8,10-18H2,1-2H3/b9-7-/t19-,20?/m1/s1. The molecule has 1 fully saturated rings. The second-order valence-corrected chi connectivity index (χ2v) is 6.97. The van der Waals surface area contributed by atoms with Gasteiger partial charge in [0, 0.05) is 6.42 Å². The van der Waals surface area contributed by atoms with Crippen molar-refractivity contribution in [2.75, 3.05) is 7.11 Å². The molecule has 1 aliphatic rings. The maximum absolute atomic E-state index is 11.0. The van der Waals surface area contributed by atoms with Crippen molar-refractivity contribution in [1.29, 1.82) is 0 Å². The van der Waals surface area contributed by atoms with Crippen LogP contribution in [0.15, 0.2) is 12.2 Å². The number of esters is 1. The van der Waals surface area contributed by atoms with E-state index in [-0.39, 0.29) is 5.97 Å². The highest BCUT2D eigenvalue weighted by molar-refractivity contribution is 5.68.